The minimum atomic E-state index is -5.27. The first-order chi connectivity index (χ1) is 19.7. The number of aliphatic carboxylic acids is 1. The van der Waals surface area contributed by atoms with Crippen LogP contribution in [0.3, 0.4) is 0 Å². The third-order valence-corrected chi connectivity index (χ3v) is 9.44. The smallest absolute Gasteiger partial charge is 0.481 e. The van der Waals surface area contributed by atoms with Gasteiger partial charge >= 0.3 is 18.5 Å². The molecule has 1 aliphatic rings. The minimum absolute atomic E-state index is 0.00377. The Bertz CT molecular complexity index is 1600. The average molecular weight is 657 g/mol. The Labute approximate surface area is 245 Å². The van der Waals surface area contributed by atoms with Crippen molar-refractivity contribution in [2.45, 2.75) is 76.4 Å². The van der Waals surface area contributed by atoms with Gasteiger partial charge in [0, 0.05) is 18.1 Å². The van der Waals surface area contributed by atoms with E-state index in [0.29, 0.717) is 25.1 Å². The fourth-order valence-corrected chi connectivity index (χ4v) is 6.35. The van der Waals surface area contributed by atoms with Crippen molar-refractivity contribution >= 4 is 27.3 Å². The highest BCUT2D eigenvalue weighted by Crippen LogP contribution is 2.44. The quantitative estimate of drug-likeness (QED) is 0.238. The lowest BCUT2D eigenvalue weighted by Crippen LogP contribution is -2.42. The lowest BCUT2D eigenvalue weighted by atomic mass is 9.82. The van der Waals surface area contributed by atoms with Gasteiger partial charge in [0.25, 0.3) is 5.89 Å². The number of hydrogen-bond donors (Lipinski definition) is 2. The van der Waals surface area contributed by atoms with Crippen molar-refractivity contribution in [3.8, 4) is 27.1 Å². The number of halogens is 6. The molecule has 1 unspecified atom stereocenters. The summed E-state index contributed by atoms with van der Waals surface area (Å²) < 4.78 is 116. The van der Waals surface area contributed by atoms with Crippen LogP contribution in [0.1, 0.15) is 51.6 Å². The number of ether oxygens (including phenoxy) is 1. The molecule has 0 radical (unpaired) electrons. The second-order valence-corrected chi connectivity index (χ2v) is 13.5. The SMILES string of the molecule is CC(NS(=O)(=O)c1ccc(-c2sc(-c3nnc(CC(C)(C)C(=O)O)o3)nc2CC2CCC2)c(OC(F)(F)F)c1)C(F)(F)F. The van der Waals surface area contributed by atoms with Crippen LogP contribution in [-0.2, 0) is 27.7 Å². The lowest BCUT2D eigenvalue weighted by Gasteiger charge is -2.25. The number of sulfonamides is 1. The standard InChI is InChI=1S/C25H26F6N4O6S2/c1-12(24(26,27)28)35-43(38,39)14-7-8-15(17(10-14)41-25(29,30)31)19-16(9-13-5-4-6-13)32-21(42-19)20-34-33-18(40-20)11-23(2,3)22(36)37/h7-8,10,12-13,35H,4-6,9,11H2,1-3H3,(H,36,37). The van der Waals surface area contributed by atoms with Crippen molar-refractivity contribution in [1.82, 2.24) is 19.9 Å². The molecule has 2 heterocycles. The van der Waals surface area contributed by atoms with Gasteiger partial charge in [0.15, 0.2) is 5.01 Å². The summed E-state index contributed by atoms with van der Waals surface area (Å²) in [6.45, 7) is 3.47. The number of benzene rings is 1. The Kier molecular flexibility index (Phi) is 8.87. The summed E-state index contributed by atoms with van der Waals surface area (Å²) in [7, 11) is -4.90. The number of nitrogens with zero attached hydrogens (tertiary/aromatic N) is 3. The van der Waals surface area contributed by atoms with Gasteiger partial charge in [0.05, 0.1) is 20.9 Å². The Morgan fingerprint density at radius 3 is 2.42 bits per heavy atom. The minimum Gasteiger partial charge on any atom is -0.481 e. The average Bonchev–Trinajstić information content (AvgIpc) is 3.46. The van der Waals surface area contributed by atoms with E-state index in [1.807, 2.05) is 0 Å². The van der Waals surface area contributed by atoms with E-state index < -0.39 is 50.6 Å². The maximum Gasteiger partial charge on any atom is 0.573 e. The number of thiazole rings is 1. The predicted molar refractivity (Wildman–Crippen MR) is 140 cm³/mol. The van der Waals surface area contributed by atoms with E-state index in [0.717, 1.165) is 42.7 Å². The number of carboxylic acids is 1. The Balaban J connectivity index is 1.78. The van der Waals surface area contributed by atoms with E-state index in [4.69, 9.17) is 4.42 Å². The van der Waals surface area contributed by atoms with Gasteiger partial charge < -0.3 is 14.3 Å². The molecule has 0 spiro atoms. The van der Waals surface area contributed by atoms with Crippen molar-refractivity contribution in [2.75, 3.05) is 0 Å². The number of alkyl halides is 6. The number of nitrogens with one attached hydrogen (secondary N) is 1. The van der Waals surface area contributed by atoms with Crippen LogP contribution >= 0.6 is 11.3 Å². The summed E-state index contributed by atoms with van der Waals surface area (Å²) in [6.07, 6.45) is -7.30. The Hall–Kier alpha value is -3.25. The topological polar surface area (TPSA) is 145 Å². The number of aromatic nitrogens is 3. The molecule has 4 rings (SSSR count). The van der Waals surface area contributed by atoms with Crippen molar-refractivity contribution in [1.29, 1.82) is 0 Å². The van der Waals surface area contributed by atoms with E-state index in [-0.39, 0.29) is 39.6 Å². The first kappa shape index (κ1) is 32.7. The lowest BCUT2D eigenvalue weighted by molar-refractivity contribution is -0.274. The molecule has 236 valence electrons. The van der Waals surface area contributed by atoms with Crippen molar-refractivity contribution < 1.29 is 53.8 Å². The molecule has 0 bridgehead atoms. The van der Waals surface area contributed by atoms with Crippen molar-refractivity contribution in [3.05, 3.63) is 29.8 Å². The van der Waals surface area contributed by atoms with Gasteiger partial charge in [0.2, 0.25) is 15.9 Å². The summed E-state index contributed by atoms with van der Waals surface area (Å²) in [5, 5.41) is 17.3. The van der Waals surface area contributed by atoms with Crippen LogP contribution in [0.2, 0.25) is 0 Å². The number of carboxylic acid groups (broad SMARTS) is 1. The fraction of sp³-hybridized carbons (Fsp3) is 0.520. The summed E-state index contributed by atoms with van der Waals surface area (Å²) in [5.41, 5.74) is -1.09. The molecule has 43 heavy (non-hydrogen) atoms. The highest BCUT2D eigenvalue weighted by molar-refractivity contribution is 7.89. The molecule has 18 heteroatoms. The molecule has 1 fully saturated rings. The van der Waals surface area contributed by atoms with E-state index in [1.54, 1.807) is 0 Å². The molecule has 1 atom stereocenters. The second-order valence-electron chi connectivity index (χ2n) is 10.8. The van der Waals surface area contributed by atoms with E-state index in [9.17, 15) is 44.7 Å². The fourth-order valence-electron chi connectivity index (χ4n) is 4.06. The largest absolute Gasteiger partial charge is 0.573 e. The highest BCUT2D eigenvalue weighted by Gasteiger charge is 2.40. The summed E-state index contributed by atoms with van der Waals surface area (Å²) >= 11 is 0.863. The maximum absolute atomic E-state index is 13.4. The maximum atomic E-state index is 13.4. The predicted octanol–water partition coefficient (Wildman–Crippen LogP) is 5.98. The first-order valence-corrected chi connectivity index (χ1v) is 15.1. The summed E-state index contributed by atoms with van der Waals surface area (Å²) in [4.78, 5) is 15.3. The molecule has 0 aliphatic heterocycles. The van der Waals surface area contributed by atoms with Crippen molar-refractivity contribution in [2.24, 2.45) is 11.3 Å². The van der Waals surface area contributed by atoms with Gasteiger partial charge in [0.1, 0.15) is 11.8 Å². The molecule has 1 saturated carbocycles. The van der Waals surface area contributed by atoms with Gasteiger partial charge in [-0.25, -0.2) is 13.4 Å². The number of hydrogen-bond acceptors (Lipinski definition) is 9. The van der Waals surface area contributed by atoms with Crippen LogP contribution in [0.5, 0.6) is 5.75 Å². The van der Waals surface area contributed by atoms with E-state index >= 15 is 0 Å². The Morgan fingerprint density at radius 1 is 1.19 bits per heavy atom. The summed E-state index contributed by atoms with van der Waals surface area (Å²) in [5.74, 6) is -1.99. The molecule has 2 N–H and O–H groups in total. The molecule has 0 amide bonds. The zero-order valence-electron chi connectivity index (χ0n) is 22.8. The molecular formula is C25H26F6N4O6S2. The van der Waals surface area contributed by atoms with Crippen LogP contribution < -0.4 is 9.46 Å². The Morgan fingerprint density at radius 2 is 1.86 bits per heavy atom. The van der Waals surface area contributed by atoms with Gasteiger partial charge in [-0.2, -0.15) is 17.9 Å². The number of rotatable bonds is 11. The first-order valence-electron chi connectivity index (χ1n) is 12.8. The van der Waals surface area contributed by atoms with Crippen LogP contribution in [0, 0.1) is 11.3 Å². The molecular weight excluding hydrogens is 630 g/mol. The van der Waals surface area contributed by atoms with E-state index in [2.05, 4.69) is 19.9 Å². The van der Waals surface area contributed by atoms with Crippen LogP contribution in [0.25, 0.3) is 21.3 Å². The van der Waals surface area contributed by atoms with Gasteiger partial charge in [-0.1, -0.05) is 19.3 Å². The van der Waals surface area contributed by atoms with Gasteiger partial charge in [-0.15, -0.1) is 34.7 Å². The third-order valence-electron chi connectivity index (χ3n) is 6.78. The zero-order valence-corrected chi connectivity index (χ0v) is 24.5. The molecule has 1 aromatic carbocycles. The highest BCUT2D eigenvalue weighted by atomic mass is 32.2. The number of carbonyl (C=O) groups is 1. The summed E-state index contributed by atoms with van der Waals surface area (Å²) in [6, 6.07) is -0.137. The monoisotopic (exact) mass is 656 g/mol. The normalized spacial score (nSPS) is 15.7. The third kappa shape index (κ3) is 7.83. The van der Waals surface area contributed by atoms with Crippen LogP contribution in [-0.4, -0.2) is 53.3 Å². The molecule has 10 nitrogen and oxygen atoms in total. The van der Waals surface area contributed by atoms with E-state index in [1.165, 1.54) is 18.6 Å². The van der Waals surface area contributed by atoms with Gasteiger partial charge in [-0.3, -0.25) is 4.79 Å². The van der Waals surface area contributed by atoms with Crippen LogP contribution in [0.15, 0.2) is 27.5 Å². The molecule has 0 saturated heterocycles. The van der Waals surface area contributed by atoms with Crippen molar-refractivity contribution in [3.63, 3.8) is 0 Å². The van der Waals surface area contributed by atoms with Gasteiger partial charge in [-0.05, 0) is 45.2 Å². The molecule has 1 aliphatic carbocycles. The zero-order chi connectivity index (χ0) is 32.0. The molecule has 2 aromatic heterocycles. The molecule has 3 aromatic rings. The van der Waals surface area contributed by atoms with Crippen LogP contribution in [0.4, 0.5) is 26.3 Å². The second kappa shape index (κ2) is 11.7.